The van der Waals surface area contributed by atoms with Crippen molar-refractivity contribution in [1.82, 2.24) is 9.55 Å². The Morgan fingerprint density at radius 1 is 1.44 bits per heavy atom. The molecule has 2 rings (SSSR count). The van der Waals surface area contributed by atoms with E-state index in [0.29, 0.717) is 5.56 Å². The first-order chi connectivity index (χ1) is 8.50. The topological polar surface area (TPSA) is 75.1 Å². The van der Waals surface area contributed by atoms with E-state index < -0.39 is 17.5 Å². The summed E-state index contributed by atoms with van der Waals surface area (Å²) in [5.41, 5.74) is -0.142. The van der Waals surface area contributed by atoms with Crippen LogP contribution >= 0.6 is 0 Å². The fraction of sp³-hybridized carbons (Fsp3) is 0.167. The third-order valence-corrected chi connectivity index (χ3v) is 2.76. The van der Waals surface area contributed by atoms with Crippen LogP contribution in [0.5, 0.6) is 0 Å². The predicted octanol–water partition coefficient (Wildman–Crippen LogP) is 1.14. The van der Waals surface area contributed by atoms with Crippen LogP contribution in [0.2, 0.25) is 0 Å². The largest absolute Gasteiger partial charge is 0.477 e. The highest BCUT2D eigenvalue weighted by Gasteiger charge is 2.18. The summed E-state index contributed by atoms with van der Waals surface area (Å²) in [5.74, 6) is -1.67. The Morgan fingerprint density at radius 2 is 2.11 bits per heavy atom. The van der Waals surface area contributed by atoms with Crippen molar-refractivity contribution >= 4 is 5.97 Å². The molecule has 0 unspecified atom stereocenters. The molecule has 0 fully saturated rings. The molecule has 1 aromatic carbocycles. The molecular weight excluding hydrogens is 239 g/mol. The van der Waals surface area contributed by atoms with Crippen molar-refractivity contribution in [2.24, 2.45) is 7.05 Å². The van der Waals surface area contributed by atoms with Crippen molar-refractivity contribution in [3.63, 3.8) is 0 Å². The van der Waals surface area contributed by atoms with Gasteiger partial charge < -0.3 is 5.11 Å². The zero-order chi connectivity index (χ0) is 13.3. The minimum absolute atomic E-state index is 0.0452. The lowest BCUT2D eigenvalue weighted by molar-refractivity contribution is 0.0689. The van der Waals surface area contributed by atoms with Gasteiger partial charge in [-0.05, 0) is 11.6 Å². The Kier molecular flexibility index (Phi) is 3.01. The summed E-state index contributed by atoms with van der Waals surface area (Å²) in [7, 11) is 1.45. The summed E-state index contributed by atoms with van der Waals surface area (Å²) in [6.07, 6.45) is 0.0452. The lowest BCUT2D eigenvalue weighted by atomic mass is 10.1. The number of carbonyl (C=O) groups is 1. The fourth-order valence-corrected chi connectivity index (χ4v) is 1.76. The number of nitrogens with zero attached hydrogens (tertiary/aromatic N) is 1. The summed E-state index contributed by atoms with van der Waals surface area (Å²) in [4.78, 5) is 24.6. The first-order valence-electron chi connectivity index (χ1n) is 5.25. The lowest BCUT2D eigenvalue weighted by Gasteiger charge is -2.05. The van der Waals surface area contributed by atoms with Crippen molar-refractivity contribution in [2.45, 2.75) is 6.42 Å². The molecule has 0 saturated carbocycles. The van der Waals surface area contributed by atoms with Gasteiger partial charge in [0, 0.05) is 13.5 Å². The maximum absolute atomic E-state index is 13.5. The maximum Gasteiger partial charge on any atom is 0.354 e. The Labute approximate surface area is 102 Å². The zero-order valence-electron chi connectivity index (χ0n) is 9.61. The van der Waals surface area contributed by atoms with Gasteiger partial charge in [-0.15, -0.1) is 0 Å². The minimum Gasteiger partial charge on any atom is -0.477 e. The van der Waals surface area contributed by atoms with Crippen LogP contribution in [0, 0.1) is 5.82 Å². The third kappa shape index (κ3) is 2.04. The number of hydrogen-bond donors (Lipinski definition) is 2. The molecule has 0 spiro atoms. The van der Waals surface area contributed by atoms with Crippen molar-refractivity contribution in [1.29, 1.82) is 0 Å². The van der Waals surface area contributed by atoms with E-state index in [1.807, 2.05) is 0 Å². The van der Waals surface area contributed by atoms with Gasteiger partial charge in [-0.3, -0.25) is 9.55 Å². The Hall–Kier alpha value is -2.37. The molecule has 0 aliphatic heterocycles. The van der Waals surface area contributed by atoms with E-state index in [1.54, 1.807) is 18.2 Å². The summed E-state index contributed by atoms with van der Waals surface area (Å²) < 4.78 is 14.7. The van der Waals surface area contributed by atoms with Gasteiger partial charge in [0.25, 0.3) is 0 Å². The van der Waals surface area contributed by atoms with Crippen molar-refractivity contribution in [3.05, 3.63) is 57.5 Å². The minimum atomic E-state index is -1.24. The SMILES string of the molecule is Cn1c(Cc2ccccc2F)c(C(=O)O)[nH]c1=O. The average molecular weight is 250 g/mol. The van der Waals surface area contributed by atoms with Gasteiger partial charge in [-0.1, -0.05) is 18.2 Å². The van der Waals surface area contributed by atoms with Gasteiger partial charge in [0.1, 0.15) is 11.5 Å². The fourth-order valence-electron chi connectivity index (χ4n) is 1.76. The highest BCUT2D eigenvalue weighted by molar-refractivity contribution is 5.86. The predicted molar refractivity (Wildman–Crippen MR) is 62.2 cm³/mol. The van der Waals surface area contributed by atoms with Gasteiger partial charge >= 0.3 is 11.7 Å². The van der Waals surface area contributed by atoms with Crippen LogP contribution in [0.15, 0.2) is 29.1 Å². The molecule has 0 aliphatic rings. The van der Waals surface area contributed by atoms with Crippen LogP contribution in [0.4, 0.5) is 4.39 Å². The number of aromatic nitrogens is 2. The van der Waals surface area contributed by atoms with Gasteiger partial charge in [-0.25, -0.2) is 14.0 Å². The second-order valence-electron chi connectivity index (χ2n) is 3.88. The number of aromatic amines is 1. The Balaban J connectivity index is 2.50. The molecule has 2 aromatic rings. The van der Waals surface area contributed by atoms with E-state index in [9.17, 15) is 14.0 Å². The molecule has 5 nitrogen and oxygen atoms in total. The number of carboxylic acid groups (broad SMARTS) is 1. The normalized spacial score (nSPS) is 10.6. The average Bonchev–Trinajstić information content (AvgIpc) is 2.60. The van der Waals surface area contributed by atoms with Gasteiger partial charge in [0.15, 0.2) is 0 Å². The highest BCUT2D eigenvalue weighted by Crippen LogP contribution is 2.14. The number of nitrogens with one attached hydrogen (secondary N) is 1. The molecule has 0 amide bonds. The molecular formula is C12H11FN2O3. The quantitative estimate of drug-likeness (QED) is 0.857. The molecule has 1 heterocycles. The van der Waals surface area contributed by atoms with Crippen LogP contribution in [-0.2, 0) is 13.5 Å². The summed E-state index contributed by atoms with van der Waals surface area (Å²) in [5, 5.41) is 8.97. The van der Waals surface area contributed by atoms with Crippen LogP contribution in [0.25, 0.3) is 0 Å². The van der Waals surface area contributed by atoms with Crippen LogP contribution in [-0.4, -0.2) is 20.6 Å². The molecule has 1 aromatic heterocycles. The monoisotopic (exact) mass is 250 g/mol. The molecule has 0 radical (unpaired) electrons. The van der Waals surface area contributed by atoms with E-state index in [-0.39, 0.29) is 17.8 Å². The molecule has 6 heteroatoms. The lowest BCUT2D eigenvalue weighted by Crippen LogP contribution is -2.14. The first-order valence-corrected chi connectivity index (χ1v) is 5.25. The smallest absolute Gasteiger partial charge is 0.354 e. The van der Waals surface area contributed by atoms with Crippen molar-refractivity contribution < 1.29 is 14.3 Å². The number of aromatic carboxylic acids is 1. The third-order valence-electron chi connectivity index (χ3n) is 2.76. The molecule has 18 heavy (non-hydrogen) atoms. The van der Waals surface area contributed by atoms with Crippen molar-refractivity contribution in [2.75, 3.05) is 0 Å². The van der Waals surface area contributed by atoms with Crippen LogP contribution < -0.4 is 5.69 Å². The standard InChI is InChI=1S/C12H11FN2O3/c1-15-9(10(11(16)17)14-12(15)18)6-7-4-2-3-5-8(7)13/h2-5H,6H2,1H3,(H,14,18)(H,16,17). The Morgan fingerprint density at radius 3 is 2.72 bits per heavy atom. The van der Waals surface area contributed by atoms with E-state index in [2.05, 4.69) is 4.98 Å². The van der Waals surface area contributed by atoms with Gasteiger partial charge in [0.05, 0.1) is 5.69 Å². The van der Waals surface area contributed by atoms with Crippen LogP contribution in [0.1, 0.15) is 21.7 Å². The number of H-pyrrole nitrogens is 1. The van der Waals surface area contributed by atoms with E-state index in [4.69, 9.17) is 5.11 Å². The van der Waals surface area contributed by atoms with E-state index in [1.165, 1.54) is 17.7 Å². The number of imidazole rings is 1. The van der Waals surface area contributed by atoms with Gasteiger partial charge in [0.2, 0.25) is 0 Å². The van der Waals surface area contributed by atoms with Crippen LogP contribution in [0.3, 0.4) is 0 Å². The summed E-state index contributed by atoms with van der Waals surface area (Å²) >= 11 is 0. The van der Waals surface area contributed by atoms with Crippen molar-refractivity contribution in [3.8, 4) is 0 Å². The number of hydrogen-bond acceptors (Lipinski definition) is 2. The number of carboxylic acids is 1. The number of rotatable bonds is 3. The molecule has 0 bridgehead atoms. The van der Waals surface area contributed by atoms with E-state index >= 15 is 0 Å². The molecule has 0 saturated heterocycles. The molecule has 94 valence electrons. The maximum atomic E-state index is 13.5. The molecule has 2 N–H and O–H groups in total. The molecule has 0 atom stereocenters. The van der Waals surface area contributed by atoms with E-state index in [0.717, 1.165) is 0 Å². The number of halogens is 1. The summed E-state index contributed by atoms with van der Waals surface area (Å²) in [6, 6.07) is 6.05. The summed E-state index contributed by atoms with van der Waals surface area (Å²) in [6.45, 7) is 0. The first kappa shape index (κ1) is 12.1. The Bertz CT molecular complexity index is 658. The second kappa shape index (κ2) is 4.48. The second-order valence-corrected chi connectivity index (χ2v) is 3.88. The van der Waals surface area contributed by atoms with Gasteiger partial charge in [-0.2, -0.15) is 0 Å². The highest BCUT2D eigenvalue weighted by atomic mass is 19.1. The number of benzene rings is 1. The zero-order valence-corrected chi connectivity index (χ0v) is 9.61. The molecule has 0 aliphatic carbocycles.